The summed E-state index contributed by atoms with van der Waals surface area (Å²) in [5, 5.41) is 0.919. The van der Waals surface area contributed by atoms with Crippen LogP contribution in [0, 0.1) is 6.92 Å². The first-order chi connectivity index (χ1) is 11.7. The Kier molecular flexibility index (Phi) is 4.90. The first-order valence-electron chi connectivity index (χ1n) is 8.38. The number of pyridine rings is 1. The van der Waals surface area contributed by atoms with Crippen molar-refractivity contribution in [1.29, 1.82) is 0 Å². The molecule has 0 unspecified atom stereocenters. The van der Waals surface area contributed by atoms with E-state index in [9.17, 15) is 4.79 Å². The van der Waals surface area contributed by atoms with Crippen LogP contribution in [0.25, 0.3) is 10.9 Å². The Bertz CT molecular complexity index is 843. The lowest BCUT2D eigenvalue weighted by atomic mass is 10.1. The minimum Gasteiger partial charge on any atom is -0.334 e. The summed E-state index contributed by atoms with van der Waals surface area (Å²) in [5.41, 5.74) is 3.63. The van der Waals surface area contributed by atoms with E-state index in [4.69, 9.17) is 0 Å². The summed E-state index contributed by atoms with van der Waals surface area (Å²) < 4.78 is 0. The number of aromatic nitrogens is 1. The molecule has 1 amide bonds. The van der Waals surface area contributed by atoms with Crippen LogP contribution >= 0.6 is 0 Å². The first kappa shape index (κ1) is 16.2. The Morgan fingerprint density at radius 2 is 1.75 bits per heavy atom. The van der Waals surface area contributed by atoms with Crippen molar-refractivity contribution in [2.24, 2.45) is 0 Å². The molecule has 0 aliphatic rings. The highest BCUT2D eigenvalue weighted by Crippen LogP contribution is 2.21. The Morgan fingerprint density at radius 1 is 1.04 bits per heavy atom. The zero-order chi connectivity index (χ0) is 16.9. The van der Waals surface area contributed by atoms with Crippen molar-refractivity contribution < 1.29 is 4.79 Å². The molecule has 0 saturated heterocycles. The number of hydrogen-bond donors (Lipinski definition) is 0. The van der Waals surface area contributed by atoms with Gasteiger partial charge in [0.05, 0.1) is 11.1 Å². The molecule has 0 aliphatic carbocycles. The highest BCUT2D eigenvalue weighted by Gasteiger charge is 2.18. The number of hydrogen-bond acceptors (Lipinski definition) is 2. The molecule has 0 N–H and O–H groups in total. The lowest BCUT2D eigenvalue weighted by Crippen LogP contribution is -2.31. The van der Waals surface area contributed by atoms with Gasteiger partial charge in [-0.2, -0.15) is 0 Å². The lowest BCUT2D eigenvalue weighted by Gasteiger charge is -2.23. The quantitative estimate of drug-likeness (QED) is 0.689. The number of benzene rings is 2. The first-order valence-corrected chi connectivity index (χ1v) is 8.38. The van der Waals surface area contributed by atoms with Gasteiger partial charge in [-0.1, -0.05) is 55.5 Å². The Labute approximate surface area is 143 Å². The van der Waals surface area contributed by atoms with Crippen LogP contribution in [-0.4, -0.2) is 22.3 Å². The van der Waals surface area contributed by atoms with Gasteiger partial charge in [-0.15, -0.1) is 0 Å². The van der Waals surface area contributed by atoms with E-state index in [2.05, 4.69) is 24.0 Å². The Balaban J connectivity index is 1.98. The van der Waals surface area contributed by atoms with Crippen molar-refractivity contribution >= 4 is 16.8 Å². The van der Waals surface area contributed by atoms with Crippen molar-refractivity contribution in [2.45, 2.75) is 26.8 Å². The Hall–Kier alpha value is -2.68. The molecule has 0 saturated carbocycles. The minimum absolute atomic E-state index is 0.0717. The third kappa shape index (κ3) is 3.46. The number of fused-ring (bicyclic) bond motifs is 1. The number of aryl methyl sites for hydroxylation is 1. The average molecular weight is 318 g/mol. The molecule has 0 atom stereocenters. The number of amides is 1. The zero-order valence-corrected chi connectivity index (χ0v) is 14.2. The van der Waals surface area contributed by atoms with E-state index in [0.717, 1.165) is 40.7 Å². The summed E-state index contributed by atoms with van der Waals surface area (Å²) in [6.45, 7) is 5.40. The van der Waals surface area contributed by atoms with E-state index in [0.29, 0.717) is 6.54 Å². The number of para-hydroxylation sites is 1. The molecule has 1 aromatic heterocycles. The van der Waals surface area contributed by atoms with E-state index in [-0.39, 0.29) is 5.91 Å². The van der Waals surface area contributed by atoms with Crippen molar-refractivity contribution in [1.82, 2.24) is 9.88 Å². The maximum Gasteiger partial charge on any atom is 0.254 e. The molecule has 3 aromatic rings. The molecule has 2 aromatic carbocycles. The fourth-order valence-corrected chi connectivity index (χ4v) is 2.98. The van der Waals surface area contributed by atoms with Crippen molar-refractivity contribution in [3.05, 3.63) is 77.5 Å². The van der Waals surface area contributed by atoms with E-state index in [1.54, 1.807) is 0 Å². The minimum atomic E-state index is 0.0717. The maximum absolute atomic E-state index is 13.2. The molecule has 0 aliphatic heterocycles. The molecular weight excluding hydrogens is 296 g/mol. The summed E-state index contributed by atoms with van der Waals surface area (Å²) >= 11 is 0. The normalized spacial score (nSPS) is 10.8. The largest absolute Gasteiger partial charge is 0.334 e. The summed E-state index contributed by atoms with van der Waals surface area (Å²) in [6, 6.07) is 19.9. The van der Waals surface area contributed by atoms with Gasteiger partial charge in [0.15, 0.2) is 0 Å². The van der Waals surface area contributed by atoms with Crippen LogP contribution in [0.4, 0.5) is 0 Å². The monoisotopic (exact) mass is 318 g/mol. The molecule has 0 radical (unpaired) electrons. The molecule has 3 rings (SSSR count). The molecule has 122 valence electrons. The average Bonchev–Trinajstić information content (AvgIpc) is 2.61. The van der Waals surface area contributed by atoms with Gasteiger partial charge in [0.25, 0.3) is 5.91 Å². The van der Waals surface area contributed by atoms with Gasteiger partial charge in [-0.05, 0) is 31.0 Å². The van der Waals surface area contributed by atoms with Crippen LogP contribution < -0.4 is 0 Å². The van der Waals surface area contributed by atoms with Gasteiger partial charge in [-0.3, -0.25) is 9.78 Å². The third-order valence-electron chi connectivity index (χ3n) is 4.07. The number of carbonyl (C=O) groups excluding carboxylic acids is 1. The van der Waals surface area contributed by atoms with Gasteiger partial charge in [0, 0.05) is 24.2 Å². The lowest BCUT2D eigenvalue weighted by molar-refractivity contribution is 0.0745. The SMILES string of the molecule is CCCN(Cc1ccccc1)C(=O)c1cc(C)nc2ccccc12. The fourth-order valence-electron chi connectivity index (χ4n) is 2.98. The van der Waals surface area contributed by atoms with E-state index >= 15 is 0 Å². The van der Waals surface area contributed by atoms with Gasteiger partial charge in [0.2, 0.25) is 0 Å². The summed E-state index contributed by atoms with van der Waals surface area (Å²) in [7, 11) is 0. The van der Waals surface area contributed by atoms with Crippen LogP contribution in [0.15, 0.2) is 60.7 Å². The third-order valence-corrected chi connectivity index (χ3v) is 4.07. The van der Waals surface area contributed by atoms with E-state index in [1.807, 2.05) is 60.4 Å². The molecule has 0 fully saturated rings. The topological polar surface area (TPSA) is 33.2 Å². The van der Waals surface area contributed by atoms with E-state index in [1.165, 1.54) is 0 Å². The van der Waals surface area contributed by atoms with Crippen molar-refractivity contribution in [3.63, 3.8) is 0 Å². The molecule has 3 heteroatoms. The van der Waals surface area contributed by atoms with Gasteiger partial charge in [0.1, 0.15) is 0 Å². The summed E-state index contributed by atoms with van der Waals surface area (Å²) in [6.07, 6.45) is 0.931. The van der Waals surface area contributed by atoms with E-state index < -0.39 is 0 Å². The van der Waals surface area contributed by atoms with Gasteiger partial charge in [-0.25, -0.2) is 0 Å². The summed E-state index contributed by atoms with van der Waals surface area (Å²) in [4.78, 5) is 19.7. The molecule has 1 heterocycles. The van der Waals surface area contributed by atoms with Gasteiger partial charge < -0.3 is 4.90 Å². The molecular formula is C21H22N2O. The standard InChI is InChI=1S/C21H22N2O/c1-3-13-23(15-17-9-5-4-6-10-17)21(24)19-14-16(2)22-20-12-8-7-11-18(19)20/h4-12,14H,3,13,15H2,1-2H3. The van der Waals surface area contributed by atoms with Crippen LogP contribution in [0.2, 0.25) is 0 Å². The van der Waals surface area contributed by atoms with Crippen molar-refractivity contribution in [2.75, 3.05) is 6.54 Å². The predicted molar refractivity (Wildman–Crippen MR) is 98.0 cm³/mol. The second-order valence-electron chi connectivity index (χ2n) is 6.04. The summed E-state index contributed by atoms with van der Waals surface area (Å²) in [5.74, 6) is 0.0717. The highest BCUT2D eigenvalue weighted by molar-refractivity contribution is 6.06. The molecule has 0 bridgehead atoms. The molecule has 0 spiro atoms. The highest BCUT2D eigenvalue weighted by atomic mass is 16.2. The smallest absolute Gasteiger partial charge is 0.254 e. The predicted octanol–water partition coefficient (Wildman–Crippen LogP) is 4.60. The Morgan fingerprint density at radius 3 is 2.50 bits per heavy atom. The van der Waals surface area contributed by atoms with Crippen LogP contribution in [0.5, 0.6) is 0 Å². The van der Waals surface area contributed by atoms with Crippen LogP contribution in [-0.2, 0) is 6.54 Å². The van der Waals surface area contributed by atoms with Crippen LogP contribution in [0.1, 0.15) is 35.0 Å². The maximum atomic E-state index is 13.2. The number of carbonyl (C=O) groups is 1. The second kappa shape index (κ2) is 7.26. The number of nitrogens with zero attached hydrogens (tertiary/aromatic N) is 2. The zero-order valence-electron chi connectivity index (χ0n) is 14.2. The number of rotatable bonds is 5. The fraction of sp³-hybridized carbons (Fsp3) is 0.238. The molecule has 24 heavy (non-hydrogen) atoms. The van der Waals surface area contributed by atoms with Crippen molar-refractivity contribution in [3.8, 4) is 0 Å². The van der Waals surface area contributed by atoms with Gasteiger partial charge >= 0.3 is 0 Å². The second-order valence-corrected chi connectivity index (χ2v) is 6.04. The molecule has 3 nitrogen and oxygen atoms in total. The van der Waals surface area contributed by atoms with Crippen LogP contribution in [0.3, 0.4) is 0 Å².